The number of carbonyl (C=O) groups excluding carboxylic acids is 3. The smallest absolute Gasteiger partial charge is 0.180 e. The van der Waals surface area contributed by atoms with Gasteiger partial charge in [0.15, 0.2) is 17.3 Å². The monoisotopic (exact) mass is 555 g/mol. The molecule has 1 unspecified atom stereocenters. The second-order valence-corrected chi connectivity index (χ2v) is 12.1. The molecule has 7 heteroatoms. The maximum atomic E-state index is 14.7. The average Bonchev–Trinajstić information content (AvgIpc) is 3.37. The van der Waals surface area contributed by atoms with E-state index in [-0.39, 0.29) is 17.3 Å². The molecule has 2 heterocycles. The second kappa shape index (κ2) is 9.07. The summed E-state index contributed by atoms with van der Waals surface area (Å²) in [6.07, 6.45) is 3.79. The summed E-state index contributed by atoms with van der Waals surface area (Å²) in [5, 5.41) is 0.556. The van der Waals surface area contributed by atoms with Crippen molar-refractivity contribution in [2.75, 3.05) is 19.1 Å². The Kier molecular flexibility index (Phi) is 5.97. The van der Waals surface area contributed by atoms with Crippen LogP contribution in [0.1, 0.15) is 58.5 Å². The van der Waals surface area contributed by atoms with Crippen LogP contribution in [0.3, 0.4) is 0 Å². The highest BCUT2D eigenvalue weighted by Gasteiger charge is 2.72. The van der Waals surface area contributed by atoms with Crippen molar-refractivity contribution < 1.29 is 23.9 Å². The van der Waals surface area contributed by atoms with Gasteiger partial charge in [-0.05, 0) is 42.0 Å². The molecular formula is C33H30ClNO5. The summed E-state index contributed by atoms with van der Waals surface area (Å²) in [6.45, 7) is 5.60. The van der Waals surface area contributed by atoms with Crippen LogP contribution in [0.15, 0.2) is 66.7 Å². The maximum absolute atomic E-state index is 14.7. The van der Waals surface area contributed by atoms with E-state index >= 15 is 0 Å². The summed E-state index contributed by atoms with van der Waals surface area (Å²) in [5.41, 5.74) is 0.507. The fourth-order valence-electron chi connectivity index (χ4n) is 6.82. The number of halogens is 1. The number of fused-ring (bicyclic) bond motifs is 5. The lowest BCUT2D eigenvalue weighted by Crippen LogP contribution is -2.49. The first-order chi connectivity index (χ1) is 19.0. The van der Waals surface area contributed by atoms with Gasteiger partial charge in [0.1, 0.15) is 16.9 Å². The Morgan fingerprint density at radius 2 is 1.60 bits per heavy atom. The van der Waals surface area contributed by atoms with E-state index < -0.39 is 28.8 Å². The van der Waals surface area contributed by atoms with Crippen LogP contribution in [-0.4, -0.2) is 43.7 Å². The van der Waals surface area contributed by atoms with Crippen LogP contribution in [0.2, 0.25) is 5.02 Å². The third kappa shape index (κ3) is 3.45. The lowest BCUT2D eigenvalue weighted by Gasteiger charge is -2.38. The highest BCUT2D eigenvalue weighted by Crippen LogP contribution is 2.62. The minimum absolute atomic E-state index is 0.0861. The molecular weight excluding hydrogens is 526 g/mol. The summed E-state index contributed by atoms with van der Waals surface area (Å²) >= 11 is 6.36. The zero-order valence-corrected chi connectivity index (χ0v) is 23.8. The van der Waals surface area contributed by atoms with Gasteiger partial charge in [-0.25, -0.2) is 0 Å². The van der Waals surface area contributed by atoms with Gasteiger partial charge in [0.05, 0.1) is 26.3 Å². The van der Waals surface area contributed by atoms with Gasteiger partial charge in [0.25, 0.3) is 0 Å². The number of ether oxygens (including phenoxy) is 2. The van der Waals surface area contributed by atoms with Crippen LogP contribution in [0.25, 0.3) is 6.08 Å². The first-order valence-electron chi connectivity index (χ1n) is 13.3. The molecule has 2 aliphatic heterocycles. The molecule has 3 aliphatic rings. The van der Waals surface area contributed by atoms with Gasteiger partial charge in [-0.3, -0.25) is 14.4 Å². The number of nitrogens with zero attached hydrogens (tertiary/aromatic N) is 1. The highest BCUT2D eigenvalue weighted by atomic mass is 35.5. The van der Waals surface area contributed by atoms with E-state index in [1.807, 2.05) is 50.0 Å². The van der Waals surface area contributed by atoms with E-state index in [4.69, 9.17) is 21.1 Å². The van der Waals surface area contributed by atoms with E-state index in [1.165, 1.54) is 0 Å². The molecule has 1 saturated heterocycles. The van der Waals surface area contributed by atoms with Crippen molar-refractivity contribution >= 4 is 40.7 Å². The first-order valence-corrected chi connectivity index (χ1v) is 13.6. The van der Waals surface area contributed by atoms with Gasteiger partial charge >= 0.3 is 0 Å². The first kappa shape index (κ1) is 26.3. The zero-order chi connectivity index (χ0) is 28.6. The minimum Gasteiger partial charge on any atom is -0.497 e. The van der Waals surface area contributed by atoms with Gasteiger partial charge in [0, 0.05) is 38.7 Å². The number of ketones is 3. The normalized spacial score (nSPS) is 22.2. The molecule has 0 saturated carbocycles. The molecule has 3 aromatic carbocycles. The number of methoxy groups -OCH3 is 2. The third-order valence-corrected chi connectivity index (χ3v) is 8.78. The lowest BCUT2D eigenvalue weighted by molar-refractivity contribution is -0.127. The van der Waals surface area contributed by atoms with E-state index in [1.54, 1.807) is 62.8 Å². The molecule has 1 aliphatic carbocycles. The Bertz CT molecular complexity index is 1580. The number of carbonyl (C=O) groups is 3. The van der Waals surface area contributed by atoms with Crippen molar-refractivity contribution in [3.8, 4) is 11.5 Å². The Morgan fingerprint density at radius 3 is 2.20 bits per heavy atom. The molecule has 0 aromatic heterocycles. The van der Waals surface area contributed by atoms with Gasteiger partial charge < -0.3 is 14.4 Å². The van der Waals surface area contributed by atoms with Gasteiger partial charge in [0.2, 0.25) is 0 Å². The largest absolute Gasteiger partial charge is 0.497 e. The van der Waals surface area contributed by atoms with Crippen LogP contribution in [0.4, 0.5) is 5.69 Å². The number of hydrogen-bond acceptors (Lipinski definition) is 6. The maximum Gasteiger partial charge on any atom is 0.180 e. The molecule has 3 atom stereocenters. The molecule has 0 amide bonds. The standard InChI is InChI=1S/C33H30ClNO5/c1-32(2,3)31(38)28-27(23-17-20(39-4)12-14-25(23)40-5)33(29(36)21-8-6-7-9-22(21)30(33)37)26-15-10-18-16-19(34)11-13-24(18)35(26)28/h6-17,26-28H,1-5H3/t26?,27-,28+/m0/s1. The van der Waals surface area contributed by atoms with Crippen molar-refractivity contribution in [1.82, 2.24) is 0 Å². The Hall–Kier alpha value is -3.90. The molecule has 0 N–H and O–H groups in total. The fraction of sp³-hybridized carbons (Fsp3) is 0.303. The fourth-order valence-corrected chi connectivity index (χ4v) is 7.00. The van der Waals surface area contributed by atoms with Crippen LogP contribution in [0, 0.1) is 10.8 Å². The summed E-state index contributed by atoms with van der Waals surface area (Å²) in [6, 6.07) is 16.2. The quantitative estimate of drug-likeness (QED) is 0.347. The summed E-state index contributed by atoms with van der Waals surface area (Å²) in [5.74, 6) is -0.511. The van der Waals surface area contributed by atoms with Crippen molar-refractivity contribution in [2.24, 2.45) is 10.8 Å². The predicted octanol–water partition coefficient (Wildman–Crippen LogP) is 6.41. The van der Waals surface area contributed by atoms with Crippen molar-refractivity contribution in [1.29, 1.82) is 0 Å². The van der Waals surface area contributed by atoms with E-state index in [0.717, 1.165) is 11.3 Å². The summed E-state index contributed by atoms with van der Waals surface area (Å²) in [7, 11) is 3.10. The molecule has 1 fully saturated rings. The minimum atomic E-state index is -1.61. The molecule has 204 valence electrons. The van der Waals surface area contributed by atoms with Crippen LogP contribution < -0.4 is 14.4 Å². The van der Waals surface area contributed by atoms with Crippen molar-refractivity contribution in [3.63, 3.8) is 0 Å². The molecule has 0 bridgehead atoms. The van der Waals surface area contributed by atoms with Gasteiger partial charge in [-0.15, -0.1) is 0 Å². The van der Waals surface area contributed by atoms with E-state index in [0.29, 0.717) is 33.2 Å². The number of hydrogen-bond donors (Lipinski definition) is 0. The summed E-state index contributed by atoms with van der Waals surface area (Å²) in [4.78, 5) is 46.0. The highest BCUT2D eigenvalue weighted by molar-refractivity contribution is 6.32. The predicted molar refractivity (Wildman–Crippen MR) is 155 cm³/mol. The van der Waals surface area contributed by atoms with Crippen molar-refractivity contribution in [3.05, 3.63) is 94.0 Å². The van der Waals surface area contributed by atoms with E-state index in [9.17, 15) is 14.4 Å². The number of benzene rings is 3. The van der Waals surface area contributed by atoms with Crippen LogP contribution in [-0.2, 0) is 4.79 Å². The van der Waals surface area contributed by atoms with Crippen molar-refractivity contribution in [2.45, 2.75) is 38.8 Å². The molecule has 3 aromatic rings. The SMILES string of the molecule is COc1ccc(OC)c([C@H]2[C@H](C(=O)C(C)(C)C)N3c4ccc(Cl)cc4C=CC3C23C(=O)c2ccccc2C3=O)c1. The zero-order valence-electron chi connectivity index (χ0n) is 23.0. The van der Waals surface area contributed by atoms with Gasteiger partial charge in [-0.1, -0.05) is 68.8 Å². The van der Waals surface area contributed by atoms with Crippen LogP contribution >= 0.6 is 11.6 Å². The van der Waals surface area contributed by atoms with E-state index in [2.05, 4.69) is 0 Å². The van der Waals surface area contributed by atoms with Crippen LogP contribution in [0.5, 0.6) is 11.5 Å². The Labute approximate surface area is 238 Å². The molecule has 40 heavy (non-hydrogen) atoms. The third-order valence-electron chi connectivity index (χ3n) is 8.55. The van der Waals surface area contributed by atoms with Gasteiger partial charge in [-0.2, -0.15) is 0 Å². The Balaban J connectivity index is 1.74. The average molecular weight is 556 g/mol. The number of rotatable bonds is 4. The number of anilines is 1. The molecule has 0 radical (unpaired) electrons. The Morgan fingerprint density at radius 1 is 0.925 bits per heavy atom. The summed E-state index contributed by atoms with van der Waals surface area (Å²) < 4.78 is 11.4. The number of Topliss-reactive ketones (excluding diaryl/α,β-unsaturated/α-hetero) is 3. The molecule has 1 spiro atoms. The molecule has 6 rings (SSSR count). The lowest BCUT2D eigenvalue weighted by atomic mass is 9.63. The molecule has 6 nitrogen and oxygen atoms in total. The second-order valence-electron chi connectivity index (χ2n) is 11.6. The topological polar surface area (TPSA) is 72.9 Å².